The maximum atomic E-state index is 12.5. The van der Waals surface area contributed by atoms with Crippen molar-refractivity contribution in [2.45, 2.75) is 13.1 Å². The Hall–Kier alpha value is -1.92. The van der Waals surface area contributed by atoms with Gasteiger partial charge in [0.2, 0.25) is 0 Å². The molecule has 0 aliphatic rings. The first-order valence-corrected chi connectivity index (χ1v) is 7.87. The van der Waals surface area contributed by atoms with Gasteiger partial charge in [-0.3, -0.25) is 4.79 Å². The van der Waals surface area contributed by atoms with E-state index in [0.29, 0.717) is 18.8 Å². The van der Waals surface area contributed by atoms with Gasteiger partial charge in [-0.2, -0.15) is 0 Å². The van der Waals surface area contributed by atoms with Crippen LogP contribution in [0, 0.1) is 0 Å². The van der Waals surface area contributed by atoms with Crippen molar-refractivity contribution in [2.75, 3.05) is 0 Å². The first-order chi connectivity index (χ1) is 9.83. The van der Waals surface area contributed by atoms with Gasteiger partial charge in [-0.05, 0) is 23.6 Å². The van der Waals surface area contributed by atoms with Crippen molar-refractivity contribution in [3.8, 4) is 0 Å². The number of carbonyl (C=O) groups excluding carboxylic acids is 1. The Morgan fingerprint density at radius 2 is 2.25 bits per heavy atom. The van der Waals surface area contributed by atoms with Crippen molar-refractivity contribution in [3.05, 3.63) is 63.1 Å². The quantitative estimate of drug-likeness (QED) is 0.723. The second kappa shape index (κ2) is 6.02. The highest BCUT2D eigenvalue weighted by molar-refractivity contribution is 7.09. The zero-order valence-electron chi connectivity index (χ0n) is 10.6. The Kier molecular flexibility index (Phi) is 3.94. The molecule has 3 heterocycles. The van der Waals surface area contributed by atoms with Crippen LogP contribution in [0.4, 0.5) is 0 Å². The van der Waals surface area contributed by atoms with Gasteiger partial charge in [-0.15, -0.1) is 22.7 Å². The summed E-state index contributed by atoms with van der Waals surface area (Å²) >= 11 is 3.06. The molecule has 0 spiro atoms. The number of nitrogens with zero attached hydrogens (tertiary/aromatic N) is 2. The number of carbonyl (C=O) groups is 1. The van der Waals surface area contributed by atoms with Gasteiger partial charge in [0.15, 0.2) is 0 Å². The predicted octanol–water partition coefficient (Wildman–Crippen LogP) is 3.64. The van der Waals surface area contributed by atoms with Gasteiger partial charge in [-0.25, -0.2) is 4.98 Å². The zero-order valence-corrected chi connectivity index (χ0v) is 12.2. The summed E-state index contributed by atoms with van der Waals surface area (Å²) in [5, 5.41) is 3.78. The largest absolute Gasteiger partial charge is 0.467 e. The van der Waals surface area contributed by atoms with E-state index in [2.05, 4.69) is 4.98 Å². The van der Waals surface area contributed by atoms with Crippen LogP contribution >= 0.6 is 22.7 Å². The number of aromatic nitrogens is 1. The highest BCUT2D eigenvalue weighted by Gasteiger charge is 2.19. The smallest absolute Gasteiger partial charge is 0.274 e. The standard InChI is InChI=1S/C14H12N2O2S2/c17-14(13-9-19-10-15-13)16(7-11-3-1-5-18-11)8-12-4-2-6-20-12/h1-6,9-10H,7-8H2. The molecule has 102 valence electrons. The van der Waals surface area contributed by atoms with Crippen molar-refractivity contribution < 1.29 is 9.21 Å². The average molecular weight is 304 g/mol. The number of hydrogen-bond donors (Lipinski definition) is 0. The summed E-state index contributed by atoms with van der Waals surface area (Å²) in [7, 11) is 0. The minimum Gasteiger partial charge on any atom is -0.467 e. The molecule has 0 bridgehead atoms. The Balaban J connectivity index is 1.81. The molecule has 0 radical (unpaired) electrons. The van der Waals surface area contributed by atoms with Gasteiger partial charge in [0.1, 0.15) is 11.5 Å². The van der Waals surface area contributed by atoms with Crippen LogP contribution in [0.15, 0.2) is 51.2 Å². The number of rotatable bonds is 5. The third-order valence-electron chi connectivity index (χ3n) is 2.79. The zero-order chi connectivity index (χ0) is 13.8. The van der Waals surface area contributed by atoms with Crippen LogP contribution in [0.25, 0.3) is 0 Å². The molecule has 3 rings (SSSR count). The van der Waals surface area contributed by atoms with Crippen LogP contribution in [0.5, 0.6) is 0 Å². The third kappa shape index (κ3) is 2.97. The number of thiophene rings is 1. The third-order valence-corrected chi connectivity index (χ3v) is 4.24. The molecule has 0 atom stereocenters. The van der Waals surface area contributed by atoms with Crippen LogP contribution in [-0.4, -0.2) is 15.8 Å². The molecule has 3 aromatic rings. The minimum atomic E-state index is -0.0731. The van der Waals surface area contributed by atoms with E-state index in [0.717, 1.165) is 10.6 Å². The number of hydrogen-bond acceptors (Lipinski definition) is 5. The first-order valence-electron chi connectivity index (χ1n) is 6.05. The molecule has 20 heavy (non-hydrogen) atoms. The first kappa shape index (κ1) is 13.1. The summed E-state index contributed by atoms with van der Waals surface area (Å²) in [6, 6.07) is 7.70. The lowest BCUT2D eigenvalue weighted by Gasteiger charge is -2.20. The lowest BCUT2D eigenvalue weighted by molar-refractivity contribution is 0.0714. The Labute approximate surface area is 124 Å². The van der Waals surface area contributed by atoms with Gasteiger partial charge in [0.05, 0.1) is 24.9 Å². The molecular formula is C14H12N2O2S2. The second-order valence-corrected chi connectivity index (χ2v) is 5.94. The summed E-state index contributed by atoms with van der Waals surface area (Å²) < 4.78 is 5.34. The maximum absolute atomic E-state index is 12.5. The maximum Gasteiger partial charge on any atom is 0.274 e. The summed E-state index contributed by atoms with van der Waals surface area (Å²) in [4.78, 5) is 19.5. The fraction of sp³-hybridized carbons (Fsp3) is 0.143. The normalized spacial score (nSPS) is 10.6. The number of thiazole rings is 1. The van der Waals surface area contributed by atoms with E-state index in [4.69, 9.17) is 4.42 Å². The van der Waals surface area contributed by atoms with Gasteiger partial charge < -0.3 is 9.32 Å². The van der Waals surface area contributed by atoms with E-state index in [9.17, 15) is 4.79 Å². The van der Waals surface area contributed by atoms with Crippen LogP contribution < -0.4 is 0 Å². The van der Waals surface area contributed by atoms with E-state index in [1.54, 1.807) is 33.4 Å². The molecule has 1 amide bonds. The van der Waals surface area contributed by atoms with E-state index < -0.39 is 0 Å². The highest BCUT2D eigenvalue weighted by Crippen LogP contribution is 2.17. The molecule has 0 aliphatic heterocycles. The molecule has 0 N–H and O–H groups in total. The Bertz CT molecular complexity index is 609. The van der Waals surface area contributed by atoms with Crippen molar-refractivity contribution in [1.29, 1.82) is 0 Å². The van der Waals surface area contributed by atoms with Crippen LogP contribution in [0.2, 0.25) is 0 Å². The number of furan rings is 1. The van der Waals surface area contributed by atoms with Crippen LogP contribution in [-0.2, 0) is 13.1 Å². The van der Waals surface area contributed by atoms with Gasteiger partial charge in [0.25, 0.3) is 5.91 Å². The second-order valence-electron chi connectivity index (χ2n) is 4.19. The number of amides is 1. The summed E-state index contributed by atoms with van der Waals surface area (Å²) in [6.45, 7) is 1.01. The molecule has 0 unspecified atom stereocenters. The van der Waals surface area contributed by atoms with E-state index in [1.165, 1.54) is 11.3 Å². The molecule has 4 nitrogen and oxygen atoms in total. The van der Waals surface area contributed by atoms with Crippen molar-refractivity contribution >= 4 is 28.6 Å². The topological polar surface area (TPSA) is 46.3 Å². The highest BCUT2D eigenvalue weighted by atomic mass is 32.1. The van der Waals surface area contributed by atoms with E-state index in [-0.39, 0.29) is 5.91 Å². The average Bonchev–Trinajstić information content (AvgIpc) is 3.20. The predicted molar refractivity (Wildman–Crippen MR) is 78.7 cm³/mol. The van der Waals surface area contributed by atoms with Gasteiger partial charge >= 0.3 is 0 Å². The van der Waals surface area contributed by atoms with Crippen LogP contribution in [0.1, 0.15) is 21.1 Å². The molecule has 0 saturated carbocycles. The summed E-state index contributed by atoms with van der Waals surface area (Å²) in [6.07, 6.45) is 1.62. The molecule has 0 aromatic carbocycles. The van der Waals surface area contributed by atoms with Gasteiger partial charge in [0, 0.05) is 10.3 Å². The SMILES string of the molecule is O=C(c1cscn1)N(Cc1ccco1)Cc1cccs1. The van der Waals surface area contributed by atoms with Crippen molar-refractivity contribution in [1.82, 2.24) is 9.88 Å². The molecule has 0 aliphatic carbocycles. The summed E-state index contributed by atoms with van der Waals surface area (Å²) in [5.41, 5.74) is 2.15. The molecule has 0 saturated heterocycles. The van der Waals surface area contributed by atoms with E-state index >= 15 is 0 Å². The van der Waals surface area contributed by atoms with Crippen molar-refractivity contribution in [3.63, 3.8) is 0 Å². The monoisotopic (exact) mass is 304 g/mol. The fourth-order valence-corrected chi connectivity index (χ4v) is 3.11. The Morgan fingerprint density at radius 1 is 1.30 bits per heavy atom. The molecule has 3 aromatic heterocycles. The Morgan fingerprint density at radius 3 is 2.90 bits per heavy atom. The van der Waals surface area contributed by atoms with E-state index in [1.807, 2.05) is 29.6 Å². The van der Waals surface area contributed by atoms with Crippen LogP contribution in [0.3, 0.4) is 0 Å². The molecule has 6 heteroatoms. The fourth-order valence-electron chi connectivity index (χ4n) is 1.86. The lowest BCUT2D eigenvalue weighted by atomic mass is 10.3. The van der Waals surface area contributed by atoms with Crippen molar-refractivity contribution in [2.24, 2.45) is 0 Å². The van der Waals surface area contributed by atoms with Gasteiger partial charge in [-0.1, -0.05) is 6.07 Å². The summed E-state index contributed by atoms with van der Waals surface area (Å²) in [5.74, 6) is 0.696. The minimum absolute atomic E-state index is 0.0731. The lowest BCUT2D eigenvalue weighted by Crippen LogP contribution is -2.29. The molecule has 0 fully saturated rings. The molecular weight excluding hydrogens is 292 g/mol.